The summed E-state index contributed by atoms with van der Waals surface area (Å²) in [5.41, 5.74) is 2.84. The first-order valence-corrected chi connectivity index (χ1v) is 7.05. The normalized spacial score (nSPS) is 22.9. The number of benzene rings is 1. The van der Waals surface area contributed by atoms with Gasteiger partial charge in [0, 0.05) is 11.7 Å². The molecule has 0 saturated heterocycles. The average molecular weight is 261 g/mol. The number of rotatable bonds is 3. The van der Waals surface area contributed by atoms with Gasteiger partial charge in [-0.05, 0) is 43.4 Å². The number of hydrogen-bond acceptors (Lipinski definition) is 3. The molecule has 2 atom stereocenters. The van der Waals surface area contributed by atoms with Gasteiger partial charge in [-0.25, -0.2) is 4.79 Å². The number of aryl methyl sites for hydroxylation is 1. The molecular weight excluding hydrogens is 238 g/mol. The van der Waals surface area contributed by atoms with Crippen molar-refractivity contribution in [1.82, 2.24) is 0 Å². The van der Waals surface area contributed by atoms with E-state index in [1.165, 1.54) is 38.4 Å². The predicted octanol–water partition coefficient (Wildman–Crippen LogP) is 3.77. The summed E-state index contributed by atoms with van der Waals surface area (Å²) in [6.07, 6.45) is 5.04. The number of carbonyl (C=O) groups is 1. The van der Waals surface area contributed by atoms with E-state index in [0.717, 1.165) is 11.6 Å². The van der Waals surface area contributed by atoms with Gasteiger partial charge in [-0.15, -0.1) is 0 Å². The summed E-state index contributed by atoms with van der Waals surface area (Å²) in [7, 11) is 1.41. The fraction of sp³-hybridized carbons (Fsp3) is 0.562. The van der Waals surface area contributed by atoms with Crippen molar-refractivity contribution in [2.75, 3.05) is 12.4 Å². The zero-order valence-corrected chi connectivity index (χ0v) is 12.0. The third-order valence-electron chi connectivity index (χ3n) is 3.95. The number of anilines is 1. The maximum Gasteiger partial charge on any atom is 0.337 e. The van der Waals surface area contributed by atoms with E-state index >= 15 is 0 Å². The Bertz CT molecular complexity index is 456. The van der Waals surface area contributed by atoms with Crippen molar-refractivity contribution in [3.05, 3.63) is 29.3 Å². The second-order valence-electron chi connectivity index (χ2n) is 5.63. The van der Waals surface area contributed by atoms with Crippen molar-refractivity contribution < 1.29 is 9.53 Å². The minimum atomic E-state index is -0.278. The van der Waals surface area contributed by atoms with E-state index in [1.807, 2.05) is 18.2 Å². The largest absolute Gasteiger partial charge is 0.465 e. The summed E-state index contributed by atoms with van der Waals surface area (Å²) in [6, 6.07) is 6.22. The molecule has 1 N–H and O–H groups in total. The molecule has 0 amide bonds. The summed E-state index contributed by atoms with van der Waals surface area (Å²) in [4.78, 5) is 11.6. The van der Waals surface area contributed by atoms with E-state index in [0.29, 0.717) is 11.6 Å². The monoisotopic (exact) mass is 261 g/mol. The molecule has 1 aromatic carbocycles. The standard InChI is InChI=1S/C16H23NO2/c1-11-5-4-6-14(9-11)17-15-10-13(16(18)19-3)8-7-12(15)2/h7-8,10-11,14,17H,4-6,9H2,1-3H3. The quantitative estimate of drug-likeness (QED) is 0.842. The smallest absolute Gasteiger partial charge is 0.337 e. The van der Waals surface area contributed by atoms with Gasteiger partial charge in [-0.1, -0.05) is 25.8 Å². The molecule has 2 unspecified atom stereocenters. The maximum absolute atomic E-state index is 11.6. The van der Waals surface area contributed by atoms with E-state index in [9.17, 15) is 4.79 Å². The van der Waals surface area contributed by atoms with Crippen molar-refractivity contribution in [3.63, 3.8) is 0 Å². The summed E-state index contributed by atoms with van der Waals surface area (Å²) in [5, 5.41) is 3.59. The van der Waals surface area contributed by atoms with Gasteiger partial charge in [-0.2, -0.15) is 0 Å². The highest BCUT2D eigenvalue weighted by Gasteiger charge is 2.19. The summed E-state index contributed by atoms with van der Waals surface area (Å²) < 4.78 is 4.77. The van der Waals surface area contributed by atoms with E-state index in [4.69, 9.17) is 4.74 Å². The van der Waals surface area contributed by atoms with Crippen LogP contribution in [0.15, 0.2) is 18.2 Å². The highest BCUT2D eigenvalue weighted by Crippen LogP contribution is 2.27. The summed E-state index contributed by atoms with van der Waals surface area (Å²) >= 11 is 0. The lowest BCUT2D eigenvalue weighted by atomic mass is 9.87. The first kappa shape index (κ1) is 13.9. The van der Waals surface area contributed by atoms with Gasteiger partial charge in [0.2, 0.25) is 0 Å². The van der Waals surface area contributed by atoms with Crippen LogP contribution in [-0.4, -0.2) is 19.1 Å². The lowest BCUT2D eigenvalue weighted by Gasteiger charge is -2.29. The SMILES string of the molecule is COC(=O)c1ccc(C)c(NC2CCCC(C)C2)c1. The molecule has 1 aliphatic rings. The Labute approximate surface area is 115 Å². The zero-order chi connectivity index (χ0) is 13.8. The third kappa shape index (κ3) is 3.49. The topological polar surface area (TPSA) is 38.3 Å². The van der Waals surface area contributed by atoms with Crippen molar-refractivity contribution in [1.29, 1.82) is 0 Å². The maximum atomic E-state index is 11.6. The molecule has 1 fully saturated rings. The Morgan fingerprint density at radius 3 is 2.84 bits per heavy atom. The van der Waals surface area contributed by atoms with Crippen LogP contribution < -0.4 is 5.32 Å². The second kappa shape index (κ2) is 6.09. The van der Waals surface area contributed by atoms with Crippen molar-refractivity contribution in [2.45, 2.75) is 45.6 Å². The molecule has 3 nitrogen and oxygen atoms in total. The van der Waals surface area contributed by atoms with Gasteiger partial charge >= 0.3 is 5.97 Å². The van der Waals surface area contributed by atoms with E-state index in [2.05, 4.69) is 19.2 Å². The Morgan fingerprint density at radius 1 is 1.37 bits per heavy atom. The van der Waals surface area contributed by atoms with Crippen LogP contribution in [0.3, 0.4) is 0 Å². The Morgan fingerprint density at radius 2 is 2.16 bits per heavy atom. The number of nitrogens with one attached hydrogen (secondary N) is 1. The van der Waals surface area contributed by atoms with Gasteiger partial charge < -0.3 is 10.1 Å². The fourth-order valence-electron chi connectivity index (χ4n) is 2.81. The molecule has 3 heteroatoms. The zero-order valence-electron chi connectivity index (χ0n) is 12.0. The minimum Gasteiger partial charge on any atom is -0.465 e. The van der Waals surface area contributed by atoms with Gasteiger partial charge in [0.05, 0.1) is 12.7 Å². The molecule has 0 bridgehead atoms. The fourth-order valence-corrected chi connectivity index (χ4v) is 2.81. The molecule has 104 valence electrons. The molecule has 0 spiro atoms. The number of carbonyl (C=O) groups excluding carboxylic acids is 1. The van der Waals surface area contributed by atoms with Crippen LogP contribution in [0.2, 0.25) is 0 Å². The molecule has 0 aromatic heterocycles. The Kier molecular flexibility index (Phi) is 4.46. The van der Waals surface area contributed by atoms with Crippen LogP contribution in [0.4, 0.5) is 5.69 Å². The van der Waals surface area contributed by atoms with Crippen LogP contribution >= 0.6 is 0 Å². The first-order valence-electron chi connectivity index (χ1n) is 7.05. The predicted molar refractivity (Wildman–Crippen MR) is 77.6 cm³/mol. The lowest BCUT2D eigenvalue weighted by Crippen LogP contribution is -2.26. The minimum absolute atomic E-state index is 0.278. The van der Waals surface area contributed by atoms with Crippen LogP contribution in [0.25, 0.3) is 0 Å². The van der Waals surface area contributed by atoms with Crippen molar-refractivity contribution in [2.24, 2.45) is 5.92 Å². The lowest BCUT2D eigenvalue weighted by molar-refractivity contribution is 0.0601. The van der Waals surface area contributed by atoms with Crippen LogP contribution in [0, 0.1) is 12.8 Å². The van der Waals surface area contributed by atoms with Crippen molar-refractivity contribution >= 4 is 11.7 Å². The summed E-state index contributed by atoms with van der Waals surface area (Å²) in [6.45, 7) is 4.38. The van der Waals surface area contributed by atoms with E-state index in [1.54, 1.807) is 0 Å². The van der Waals surface area contributed by atoms with Crippen LogP contribution in [0.1, 0.15) is 48.5 Å². The van der Waals surface area contributed by atoms with Gasteiger partial charge in [0.15, 0.2) is 0 Å². The molecule has 0 heterocycles. The average Bonchev–Trinajstić information content (AvgIpc) is 2.40. The number of methoxy groups -OCH3 is 1. The van der Waals surface area contributed by atoms with Crippen molar-refractivity contribution in [3.8, 4) is 0 Å². The van der Waals surface area contributed by atoms with Gasteiger partial charge in [0.1, 0.15) is 0 Å². The third-order valence-corrected chi connectivity index (χ3v) is 3.95. The number of hydrogen-bond donors (Lipinski definition) is 1. The van der Waals surface area contributed by atoms with Gasteiger partial charge in [-0.3, -0.25) is 0 Å². The molecule has 1 aliphatic carbocycles. The molecule has 1 saturated carbocycles. The Hall–Kier alpha value is -1.51. The molecule has 1 aromatic rings. The highest BCUT2D eigenvalue weighted by molar-refractivity contribution is 5.90. The first-order chi connectivity index (χ1) is 9.10. The molecule has 2 rings (SSSR count). The van der Waals surface area contributed by atoms with Gasteiger partial charge in [0.25, 0.3) is 0 Å². The van der Waals surface area contributed by atoms with E-state index < -0.39 is 0 Å². The molecule has 0 radical (unpaired) electrons. The summed E-state index contributed by atoms with van der Waals surface area (Å²) in [5.74, 6) is 0.510. The Balaban J connectivity index is 2.12. The second-order valence-corrected chi connectivity index (χ2v) is 5.63. The highest BCUT2D eigenvalue weighted by atomic mass is 16.5. The van der Waals surface area contributed by atoms with Crippen LogP contribution in [-0.2, 0) is 4.74 Å². The molecule has 19 heavy (non-hydrogen) atoms. The number of ether oxygens (including phenoxy) is 1. The molecule has 0 aliphatic heterocycles. The molecular formula is C16H23NO2. The van der Waals surface area contributed by atoms with E-state index in [-0.39, 0.29) is 5.97 Å². The number of esters is 1. The van der Waals surface area contributed by atoms with Crippen LogP contribution in [0.5, 0.6) is 0 Å².